The summed E-state index contributed by atoms with van der Waals surface area (Å²) < 4.78 is 7.56. The lowest BCUT2D eigenvalue weighted by atomic mass is 10.1. The van der Waals surface area contributed by atoms with Crippen molar-refractivity contribution < 1.29 is 4.74 Å². The van der Waals surface area contributed by atoms with Crippen LogP contribution in [0.1, 0.15) is 45.2 Å². The van der Waals surface area contributed by atoms with Gasteiger partial charge >= 0.3 is 0 Å². The molecule has 0 radical (unpaired) electrons. The number of rotatable bonds is 11. The number of ether oxygens (including phenoxy) is 1. The summed E-state index contributed by atoms with van der Waals surface area (Å²) in [4.78, 5) is 0. The van der Waals surface area contributed by atoms with Gasteiger partial charge in [-0.3, -0.25) is 4.68 Å². The van der Waals surface area contributed by atoms with Crippen molar-refractivity contribution in [2.24, 2.45) is 7.05 Å². The van der Waals surface area contributed by atoms with Gasteiger partial charge in [-0.05, 0) is 44.7 Å². The van der Waals surface area contributed by atoms with E-state index >= 15 is 0 Å². The Balaban J connectivity index is 2.29. The molecule has 110 valence electrons. The molecule has 0 bridgehead atoms. The first-order chi connectivity index (χ1) is 9.27. The summed E-state index contributed by atoms with van der Waals surface area (Å²) in [7, 11) is 2.01. The molecule has 0 aromatic carbocycles. The topological polar surface area (TPSA) is 39.1 Å². The van der Waals surface area contributed by atoms with Crippen LogP contribution in [0.2, 0.25) is 0 Å². The fourth-order valence-electron chi connectivity index (χ4n) is 2.14. The van der Waals surface area contributed by atoms with Gasteiger partial charge in [0.05, 0.1) is 0 Å². The first-order valence-corrected chi connectivity index (χ1v) is 7.55. The molecule has 4 nitrogen and oxygen atoms in total. The third-order valence-corrected chi connectivity index (χ3v) is 3.31. The van der Waals surface area contributed by atoms with E-state index in [4.69, 9.17) is 4.74 Å². The van der Waals surface area contributed by atoms with Crippen LogP contribution in [-0.2, 0) is 18.2 Å². The zero-order valence-corrected chi connectivity index (χ0v) is 12.7. The van der Waals surface area contributed by atoms with Crippen LogP contribution in [-0.4, -0.2) is 35.6 Å². The van der Waals surface area contributed by atoms with Crippen LogP contribution < -0.4 is 5.32 Å². The van der Waals surface area contributed by atoms with E-state index in [9.17, 15) is 0 Å². The first kappa shape index (κ1) is 16.2. The second-order valence-electron chi connectivity index (χ2n) is 5.04. The van der Waals surface area contributed by atoms with Crippen LogP contribution in [0.25, 0.3) is 0 Å². The molecule has 1 atom stereocenters. The normalized spacial score (nSPS) is 12.8. The third kappa shape index (κ3) is 6.73. The fraction of sp³-hybridized carbons (Fsp3) is 0.800. The van der Waals surface area contributed by atoms with E-state index in [1.165, 1.54) is 12.1 Å². The highest BCUT2D eigenvalue weighted by molar-refractivity contribution is 5.00. The van der Waals surface area contributed by atoms with Gasteiger partial charge in [-0.15, -0.1) is 0 Å². The smallest absolute Gasteiger partial charge is 0.0492 e. The summed E-state index contributed by atoms with van der Waals surface area (Å²) >= 11 is 0. The largest absolute Gasteiger partial charge is 0.381 e. The molecule has 1 aromatic rings. The van der Waals surface area contributed by atoms with Gasteiger partial charge < -0.3 is 10.1 Å². The quantitative estimate of drug-likeness (QED) is 0.626. The Hall–Kier alpha value is -0.870. The molecule has 0 aliphatic rings. The van der Waals surface area contributed by atoms with E-state index < -0.39 is 0 Å². The van der Waals surface area contributed by atoms with Crippen LogP contribution in [0.3, 0.4) is 0 Å². The average molecular weight is 267 g/mol. The van der Waals surface area contributed by atoms with Crippen LogP contribution in [0.15, 0.2) is 12.3 Å². The Morgan fingerprint density at radius 1 is 1.26 bits per heavy atom. The number of hydrogen-bond donors (Lipinski definition) is 1. The van der Waals surface area contributed by atoms with Gasteiger partial charge in [0.25, 0.3) is 0 Å². The van der Waals surface area contributed by atoms with Crippen LogP contribution in [0.4, 0.5) is 0 Å². The molecular weight excluding hydrogens is 238 g/mol. The van der Waals surface area contributed by atoms with Gasteiger partial charge in [0.15, 0.2) is 0 Å². The van der Waals surface area contributed by atoms with E-state index in [1.54, 1.807) is 0 Å². The SMILES string of the molecule is CCCNC(CCOCCC)CCc1ccnn1C. The lowest BCUT2D eigenvalue weighted by Crippen LogP contribution is -2.31. The zero-order valence-electron chi connectivity index (χ0n) is 12.7. The van der Waals surface area contributed by atoms with E-state index in [-0.39, 0.29) is 0 Å². The average Bonchev–Trinajstić information content (AvgIpc) is 2.82. The summed E-state index contributed by atoms with van der Waals surface area (Å²) in [5, 5.41) is 7.83. The van der Waals surface area contributed by atoms with Crippen molar-refractivity contribution in [3.63, 3.8) is 0 Å². The highest BCUT2D eigenvalue weighted by Gasteiger charge is 2.09. The summed E-state index contributed by atoms with van der Waals surface area (Å²) in [6.07, 6.45) is 7.47. The molecule has 0 fully saturated rings. The second kappa shape index (κ2) is 9.98. The highest BCUT2D eigenvalue weighted by atomic mass is 16.5. The minimum absolute atomic E-state index is 0.548. The lowest BCUT2D eigenvalue weighted by Gasteiger charge is -2.18. The maximum absolute atomic E-state index is 5.60. The van der Waals surface area contributed by atoms with Crippen molar-refractivity contribution in [2.75, 3.05) is 19.8 Å². The van der Waals surface area contributed by atoms with Gasteiger partial charge in [-0.1, -0.05) is 13.8 Å². The van der Waals surface area contributed by atoms with Crippen LogP contribution >= 0.6 is 0 Å². The molecule has 0 aliphatic heterocycles. The Morgan fingerprint density at radius 2 is 2.11 bits per heavy atom. The van der Waals surface area contributed by atoms with E-state index in [0.29, 0.717) is 6.04 Å². The standard InChI is InChI=1S/C15H29N3O/c1-4-10-16-14(9-13-19-12-5-2)6-7-15-8-11-17-18(15)3/h8,11,14,16H,4-7,9-10,12-13H2,1-3H3. The molecule has 1 heterocycles. The molecular formula is C15H29N3O. The van der Waals surface area contributed by atoms with Gasteiger partial charge in [-0.2, -0.15) is 5.10 Å². The molecule has 4 heteroatoms. The minimum atomic E-state index is 0.548. The molecule has 0 spiro atoms. The van der Waals surface area contributed by atoms with Gasteiger partial charge in [0, 0.05) is 38.2 Å². The van der Waals surface area contributed by atoms with Gasteiger partial charge in [0.2, 0.25) is 0 Å². The minimum Gasteiger partial charge on any atom is -0.381 e. The molecule has 1 aromatic heterocycles. The highest BCUT2D eigenvalue weighted by Crippen LogP contribution is 2.07. The maximum atomic E-state index is 5.60. The fourth-order valence-corrected chi connectivity index (χ4v) is 2.14. The number of nitrogens with one attached hydrogen (secondary N) is 1. The molecule has 1 rings (SSSR count). The van der Waals surface area contributed by atoms with Crippen molar-refractivity contribution in [1.82, 2.24) is 15.1 Å². The Bertz CT molecular complexity index is 325. The molecule has 0 amide bonds. The van der Waals surface area contributed by atoms with Crippen LogP contribution in [0, 0.1) is 0 Å². The van der Waals surface area contributed by atoms with Crippen molar-refractivity contribution in [2.45, 2.75) is 52.0 Å². The van der Waals surface area contributed by atoms with Crippen molar-refractivity contribution >= 4 is 0 Å². The zero-order chi connectivity index (χ0) is 13.9. The molecule has 19 heavy (non-hydrogen) atoms. The van der Waals surface area contributed by atoms with E-state index in [0.717, 1.165) is 45.4 Å². The summed E-state index contributed by atoms with van der Waals surface area (Å²) in [5.74, 6) is 0. The third-order valence-electron chi connectivity index (χ3n) is 3.31. The summed E-state index contributed by atoms with van der Waals surface area (Å²) in [5.41, 5.74) is 1.30. The van der Waals surface area contributed by atoms with Crippen molar-refractivity contribution in [3.8, 4) is 0 Å². The van der Waals surface area contributed by atoms with Crippen molar-refractivity contribution in [1.29, 1.82) is 0 Å². The predicted octanol–water partition coefficient (Wildman–Crippen LogP) is 2.54. The maximum Gasteiger partial charge on any atom is 0.0492 e. The summed E-state index contributed by atoms with van der Waals surface area (Å²) in [6.45, 7) is 7.18. The molecule has 0 aliphatic carbocycles. The van der Waals surface area contributed by atoms with E-state index in [2.05, 4.69) is 30.3 Å². The Morgan fingerprint density at radius 3 is 2.74 bits per heavy atom. The van der Waals surface area contributed by atoms with Crippen molar-refractivity contribution in [3.05, 3.63) is 18.0 Å². The summed E-state index contributed by atoms with van der Waals surface area (Å²) in [6, 6.07) is 2.65. The van der Waals surface area contributed by atoms with Gasteiger partial charge in [-0.25, -0.2) is 0 Å². The Labute approximate surface area is 117 Å². The Kier molecular flexibility index (Phi) is 8.50. The van der Waals surface area contributed by atoms with E-state index in [1.807, 2.05) is 17.9 Å². The predicted molar refractivity (Wildman–Crippen MR) is 79.3 cm³/mol. The van der Waals surface area contributed by atoms with Crippen LogP contribution in [0.5, 0.6) is 0 Å². The molecule has 0 saturated carbocycles. The molecule has 1 N–H and O–H groups in total. The molecule has 1 unspecified atom stereocenters. The number of hydrogen-bond acceptors (Lipinski definition) is 3. The monoisotopic (exact) mass is 267 g/mol. The number of nitrogens with zero attached hydrogens (tertiary/aromatic N) is 2. The van der Waals surface area contributed by atoms with Gasteiger partial charge in [0.1, 0.15) is 0 Å². The second-order valence-corrected chi connectivity index (χ2v) is 5.04. The first-order valence-electron chi connectivity index (χ1n) is 7.55. The lowest BCUT2D eigenvalue weighted by molar-refractivity contribution is 0.123. The number of aromatic nitrogens is 2. The number of aryl methyl sites for hydroxylation is 2. The molecule has 0 saturated heterocycles.